The lowest BCUT2D eigenvalue weighted by Gasteiger charge is -2.20. The largest absolute Gasteiger partial charge is 0.281 e. The smallest absolute Gasteiger partial charge is 0.269 e. The van der Waals surface area contributed by atoms with Crippen molar-refractivity contribution in [1.29, 1.82) is 0 Å². The monoisotopic (exact) mass is 576 g/mol. The predicted octanol–water partition coefficient (Wildman–Crippen LogP) is 3.14. The van der Waals surface area contributed by atoms with Crippen LogP contribution in [0.25, 0.3) is 11.2 Å². The summed E-state index contributed by atoms with van der Waals surface area (Å²) in [4.78, 5) is 21.9. The minimum Gasteiger partial charge on any atom is -0.281 e. The minimum absolute atomic E-state index is 0.0486. The van der Waals surface area contributed by atoms with Crippen LogP contribution >= 0.6 is 0 Å². The number of sulfonamides is 1. The number of hydrogen-bond donors (Lipinski definition) is 2. The molecule has 1 aliphatic carbocycles. The summed E-state index contributed by atoms with van der Waals surface area (Å²) in [7, 11) is -7.22. The summed E-state index contributed by atoms with van der Waals surface area (Å²) in [5.74, 6) is -0.246. The van der Waals surface area contributed by atoms with Gasteiger partial charge in [0.2, 0.25) is 15.9 Å². The maximum atomic E-state index is 13.1. The molecule has 1 fully saturated rings. The molecule has 2 heterocycles. The molecule has 1 aromatic carbocycles. The first kappa shape index (κ1) is 29.0. The van der Waals surface area contributed by atoms with Crippen LogP contribution in [0.5, 0.6) is 0 Å². The van der Waals surface area contributed by atoms with Gasteiger partial charge in [0, 0.05) is 25.2 Å². The lowest BCUT2D eigenvalue weighted by Crippen LogP contribution is -2.37. The number of fused-ring (bicyclic) bond motifs is 1. The van der Waals surface area contributed by atoms with E-state index in [2.05, 4.69) is 20.8 Å². The highest BCUT2D eigenvalue weighted by Crippen LogP contribution is 2.39. The molecule has 4 rings (SSSR count). The van der Waals surface area contributed by atoms with Gasteiger partial charge >= 0.3 is 0 Å². The van der Waals surface area contributed by atoms with E-state index < -0.39 is 20.0 Å². The molecule has 0 aliphatic heterocycles. The number of carbonyl (C=O) groups is 1. The van der Waals surface area contributed by atoms with Crippen molar-refractivity contribution in [3.63, 3.8) is 0 Å². The lowest BCUT2D eigenvalue weighted by molar-refractivity contribution is -0.125. The number of carbonyl (C=O) groups excluding carboxylic acids is 1. The molecule has 212 valence electrons. The fourth-order valence-electron chi connectivity index (χ4n) is 5.35. The minimum atomic E-state index is -3.85. The molecule has 1 saturated carbocycles. The number of benzene rings is 1. The molecule has 0 spiro atoms. The molecule has 0 saturated heterocycles. The maximum Gasteiger partial charge on any atom is 0.269 e. The van der Waals surface area contributed by atoms with Crippen LogP contribution in [0.3, 0.4) is 0 Å². The number of nitrogens with one attached hydrogen (secondary N) is 2. The third-order valence-electron chi connectivity index (χ3n) is 7.45. The molecule has 2 aromatic heterocycles. The van der Waals surface area contributed by atoms with Gasteiger partial charge in [0.15, 0.2) is 11.5 Å². The van der Waals surface area contributed by atoms with E-state index in [-0.39, 0.29) is 45.8 Å². The summed E-state index contributed by atoms with van der Waals surface area (Å²) >= 11 is 0. The van der Waals surface area contributed by atoms with Crippen LogP contribution in [0.15, 0.2) is 47.6 Å². The Morgan fingerprint density at radius 1 is 1.05 bits per heavy atom. The van der Waals surface area contributed by atoms with Crippen molar-refractivity contribution >= 4 is 42.9 Å². The molecule has 39 heavy (non-hydrogen) atoms. The molecule has 3 aromatic rings. The second-order valence-corrected chi connectivity index (χ2v) is 13.8. The average molecular weight is 577 g/mol. The van der Waals surface area contributed by atoms with Gasteiger partial charge in [0.05, 0.1) is 16.8 Å². The van der Waals surface area contributed by atoms with E-state index in [4.69, 9.17) is 0 Å². The SMILES string of the molecule is CCC1CC(CS(=O)(=O)N(CC)CC)CC1C(=O)NNc1cnc2c(ccn2S(=O)(=O)c2ccc(C)cc2)n1. The van der Waals surface area contributed by atoms with Gasteiger partial charge in [0.1, 0.15) is 5.52 Å². The summed E-state index contributed by atoms with van der Waals surface area (Å²) in [6.07, 6.45) is 4.71. The van der Waals surface area contributed by atoms with Crippen molar-refractivity contribution in [2.75, 3.05) is 24.3 Å². The fraction of sp³-hybridized carbons (Fsp3) is 0.500. The highest BCUT2D eigenvalue weighted by atomic mass is 32.2. The third kappa shape index (κ3) is 6.10. The molecule has 0 bridgehead atoms. The summed E-state index contributed by atoms with van der Waals surface area (Å²) in [6.45, 7) is 8.40. The van der Waals surface area contributed by atoms with E-state index in [0.717, 1.165) is 16.0 Å². The van der Waals surface area contributed by atoms with E-state index in [9.17, 15) is 21.6 Å². The van der Waals surface area contributed by atoms with Crippen LogP contribution in [0.2, 0.25) is 0 Å². The van der Waals surface area contributed by atoms with Gasteiger partial charge in [-0.15, -0.1) is 0 Å². The normalized spacial score (nSPS) is 20.0. The van der Waals surface area contributed by atoms with Gasteiger partial charge in [-0.05, 0) is 49.8 Å². The Morgan fingerprint density at radius 3 is 2.38 bits per heavy atom. The van der Waals surface area contributed by atoms with E-state index in [1.807, 2.05) is 27.7 Å². The molecule has 3 unspecified atom stereocenters. The molecule has 1 amide bonds. The van der Waals surface area contributed by atoms with Crippen molar-refractivity contribution in [2.24, 2.45) is 17.8 Å². The number of aryl methyl sites for hydroxylation is 1. The number of hydrogen-bond acceptors (Lipinski definition) is 8. The van der Waals surface area contributed by atoms with Gasteiger partial charge in [-0.3, -0.25) is 15.6 Å². The fourth-order valence-corrected chi connectivity index (χ4v) is 8.51. The molecule has 0 radical (unpaired) electrons. The topological polar surface area (TPSA) is 143 Å². The van der Waals surface area contributed by atoms with Crippen molar-refractivity contribution in [2.45, 2.75) is 51.9 Å². The zero-order valence-corrected chi connectivity index (χ0v) is 24.3. The Balaban J connectivity index is 1.43. The summed E-state index contributed by atoms with van der Waals surface area (Å²) in [6, 6.07) is 8.10. The highest BCUT2D eigenvalue weighted by Gasteiger charge is 2.40. The lowest BCUT2D eigenvalue weighted by atomic mass is 9.93. The van der Waals surface area contributed by atoms with Gasteiger partial charge in [-0.25, -0.2) is 35.1 Å². The van der Waals surface area contributed by atoms with Crippen LogP contribution in [0, 0.1) is 24.7 Å². The van der Waals surface area contributed by atoms with Crippen LogP contribution in [0.4, 0.5) is 5.82 Å². The molecular formula is C26H36N6O5S2. The van der Waals surface area contributed by atoms with E-state index in [1.165, 1.54) is 16.7 Å². The first-order chi connectivity index (χ1) is 18.5. The first-order valence-electron chi connectivity index (χ1n) is 13.2. The standard InChI is InChI=1S/C26H36N6O5S2/c1-5-20-14-19(17-38(34,35)31(6-2)7-3)15-22(20)26(33)30-29-24-16-27-25-23(28-24)12-13-32(25)39(36,37)21-10-8-18(4)9-11-21/h8-13,16,19-20,22H,5-7,14-15,17H2,1-4H3,(H,28,29)(H,30,33). The molecular weight excluding hydrogens is 540 g/mol. The molecule has 13 heteroatoms. The van der Waals surface area contributed by atoms with Crippen molar-refractivity contribution in [3.05, 3.63) is 48.3 Å². The summed E-state index contributed by atoms with van der Waals surface area (Å²) in [5.41, 5.74) is 6.95. The van der Waals surface area contributed by atoms with Crippen molar-refractivity contribution < 1.29 is 21.6 Å². The van der Waals surface area contributed by atoms with Gasteiger partial charge < -0.3 is 0 Å². The summed E-state index contributed by atoms with van der Waals surface area (Å²) in [5, 5.41) is 0. The molecule has 1 aliphatic rings. The second kappa shape index (κ2) is 11.6. The Labute approximate surface area is 230 Å². The Morgan fingerprint density at radius 2 is 1.74 bits per heavy atom. The first-order valence-corrected chi connectivity index (χ1v) is 16.2. The predicted molar refractivity (Wildman–Crippen MR) is 150 cm³/mol. The maximum absolute atomic E-state index is 13.1. The zero-order valence-electron chi connectivity index (χ0n) is 22.7. The van der Waals surface area contributed by atoms with E-state index >= 15 is 0 Å². The van der Waals surface area contributed by atoms with Gasteiger partial charge in [-0.1, -0.05) is 44.9 Å². The third-order valence-corrected chi connectivity index (χ3v) is 11.3. The van der Waals surface area contributed by atoms with Crippen molar-refractivity contribution in [3.8, 4) is 0 Å². The van der Waals surface area contributed by atoms with E-state index in [0.29, 0.717) is 31.4 Å². The van der Waals surface area contributed by atoms with E-state index in [1.54, 1.807) is 30.3 Å². The second-order valence-electron chi connectivity index (χ2n) is 9.98. The molecule has 3 atom stereocenters. The average Bonchev–Trinajstić information content (AvgIpc) is 3.51. The van der Waals surface area contributed by atoms with Crippen LogP contribution in [-0.4, -0.2) is 59.8 Å². The van der Waals surface area contributed by atoms with Crippen LogP contribution < -0.4 is 10.9 Å². The zero-order chi connectivity index (χ0) is 28.4. The van der Waals surface area contributed by atoms with Crippen molar-refractivity contribution in [1.82, 2.24) is 23.7 Å². The number of amides is 1. The van der Waals surface area contributed by atoms with Gasteiger partial charge in [-0.2, -0.15) is 0 Å². The quantitative estimate of drug-likeness (QED) is 0.332. The van der Waals surface area contributed by atoms with Crippen LogP contribution in [0.1, 0.15) is 45.6 Å². The molecule has 2 N–H and O–H groups in total. The number of anilines is 1. The van der Waals surface area contributed by atoms with Gasteiger partial charge in [0.25, 0.3) is 10.0 Å². The Kier molecular flexibility index (Phi) is 8.62. The molecule has 11 nitrogen and oxygen atoms in total. The van der Waals surface area contributed by atoms with Crippen LogP contribution in [-0.2, 0) is 24.8 Å². The highest BCUT2D eigenvalue weighted by molar-refractivity contribution is 7.90. The number of rotatable bonds is 11. The number of hydrazine groups is 1. The number of aromatic nitrogens is 3. The number of nitrogens with zero attached hydrogens (tertiary/aromatic N) is 4. The summed E-state index contributed by atoms with van der Waals surface area (Å²) < 4.78 is 54.2. The Bertz CT molecular complexity index is 1530. The Hall–Kier alpha value is -3.03.